The molecule has 20 heavy (non-hydrogen) atoms. The van der Waals surface area contributed by atoms with Crippen LogP contribution in [0.5, 0.6) is 11.6 Å². The van der Waals surface area contributed by atoms with Crippen molar-refractivity contribution in [2.24, 2.45) is 0 Å². The standard InChI is InChI=1S/C16H18N2O2/c1-2-14-17-15(19)10-16(18-14)20-13-8-7-11-5-3-4-6-12(11)9-13/h7-10H,2-6H2,1H3,(H,17,18,19). The van der Waals surface area contributed by atoms with Crippen LogP contribution in [0.4, 0.5) is 0 Å². The zero-order chi connectivity index (χ0) is 13.9. The van der Waals surface area contributed by atoms with Gasteiger partial charge in [-0.25, -0.2) is 0 Å². The number of aromatic amines is 1. The van der Waals surface area contributed by atoms with Gasteiger partial charge in [-0.2, -0.15) is 4.98 Å². The lowest BCUT2D eigenvalue weighted by atomic mass is 9.92. The van der Waals surface area contributed by atoms with E-state index in [1.54, 1.807) is 0 Å². The highest BCUT2D eigenvalue weighted by Gasteiger charge is 2.11. The van der Waals surface area contributed by atoms with Crippen molar-refractivity contribution in [2.75, 3.05) is 0 Å². The minimum atomic E-state index is -0.176. The van der Waals surface area contributed by atoms with E-state index in [-0.39, 0.29) is 5.56 Å². The van der Waals surface area contributed by atoms with Crippen LogP contribution >= 0.6 is 0 Å². The fraction of sp³-hybridized carbons (Fsp3) is 0.375. The number of rotatable bonds is 3. The predicted molar refractivity (Wildman–Crippen MR) is 77.4 cm³/mol. The minimum absolute atomic E-state index is 0.176. The van der Waals surface area contributed by atoms with E-state index >= 15 is 0 Å². The Bertz CT molecular complexity index is 676. The molecule has 2 aromatic rings. The number of hydrogen-bond donors (Lipinski definition) is 1. The molecule has 1 heterocycles. The van der Waals surface area contributed by atoms with Gasteiger partial charge in [0.15, 0.2) is 0 Å². The summed E-state index contributed by atoms with van der Waals surface area (Å²) in [4.78, 5) is 18.5. The fourth-order valence-electron chi connectivity index (χ4n) is 2.60. The van der Waals surface area contributed by atoms with Crippen molar-refractivity contribution in [2.45, 2.75) is 39.0 Å². The lowest BCUT2D eigenvalue weighted by molar-refractivity contribution is 0.456. The largest absolute Gasteiger partial charge is 0.439 e. The van der Waals surface area contributed by atoms with Crippen LogP contribution in [0.3, 0.4) is 0 Å². The summed E-state index contributed by atoms with van der Waals surface area (Å²) in [6.45, 7) is 1.95. The van der Waals surface area contributed by atoms with Gasteiger partial charge in [-0.1, -0.05) is 13.0 Å². The maximum Gasteiger partial charge on any atom is 0.254 e. The van der Waals surface area contributed by atoms with Crippen molar-refractivity contribution < 1.29 is 4.74 Å². The second-order valence-electron chi connectivity index (χ2n) is 5.12. The highest BCUT2D eigenvalue weighted by Crippen LogP contribution is 2.27. The molecule has 0 bridgehead atoms. The van der Waals surface area contributed by atoms with Gasteiger partial charge < -0.3 is 9.72 Å². The fourth-order valence-corrected chi connectivity index (χ4v) is 2.60. The Kier molecular flexibility index (Phi) is 3.54. The van der Waals surface area contributed by atoms with E-state index in [1.807, 2.05) is 13.0 Å². The van der Waals surface area contributed by atoms with Gasteiger partial charge in [0.05, 0.1) is 6.07 Å². The highest BCUT2D eigenvalue weighted by molar-refractivity contribution is 5.38. The van der Waals surface area contributed by atoms with Crippen LogP contribution in [0.25, 0.3) is 0 Å². The molecule has 0 aliphatic heterocycles. The van der Waals surface area contributed by atoms with E-state index in [1.165, 1.54) is 30.0 Å². The molecule has 0 saturated carbocycles. The average molecular weight is 270 g/mol. The number of benzene rings is 1. The Labute approximate surface area is 117 Å². The van der Waals surface area contributed by atoms with Crippen molar-refractivity contribution in [3.05, 3.63) is 51.6 Å². The lowest BCUT2D eigenvalue weighted by Gasteiger charge is -2.16. The zero-order valence-corrected chi connectivity index (χ0v) is 11.6. The number of hydrogen-bond acceptors (Lipinski definition) is 3. The average Bonchev–Trinajstić information content (AvgIpc) is 2.46. The van der Waals surface area contributed by atoms with Crippen molar-refractivity contribution in [1.82, 2.24) is 9.97 Å². The van der Waals surface area contributed by atoms with E-state index in [0.717, 1.165) is 18.6 Å². The van der Waals surface area contributed by atoms with Crippen molar-refractivity contribution in [3.63, 3.8) is 0 Å². The number of ether oxygens (including phenoxy) is 1. The summed E-state index contributed by atoms with van der Waals surface area (Å²) in [6.07, 6.45) is 5.44. The third kappa shape index (κ3) is 2.74. The summed E-state index contributed by atoms with van der Waals surface area (Å²) in [5.74, 6) is 1.76. The molecule has 4 nitrogen and oxygen atoms in total. The molecule has 0 radical (unpaired) electrons. The third-order valence-corrected chi connectivity index (χ3v) is 3.64. The van der Waals surface area contributed by atoms with Crippen LogP contribution < -0.4 is 10.3 Å². The number of H-pyrrole nitrogens is 1. The Morgan fingerprint density at radius 2 is 2.00 bits per heavy atom. The molecule has 0 saturated heterocycles. The molecule has 0 amide bonds. The normalized spacial score (nSPS) is 13.8. The molecule has 104 valence electrons. The number of aryl methyl sites for hydroxylation is 3. The molecule has 1 aromatic carbocycles. The molecule has 1 aromatic heterocycles. The summed E-state index contributed by atoms with van der Waals surface area (Å²) >= 11 is 0. The number of nitrogens with one attached hydrogen (secondary N) is 1. The Balaban J connectivity index is 1.87. The summed E-state index contributed by atoms with van der Waals surface area (Å²) in [5.41, 5.74) is 2.59. The Morgan fingerprint density at radius 1 is 1.20 bits per heavy atom. The molecule has 0 atom stereocenters. The van der Waals surface area contributed by atoms with Gasteiger partial charge in [-0.15, -0.1) is 0 Å². The SMILES string of the molecule is CCc1nc(Oc2ccc3c(c2)CCCC3)cc(=O)[nH]1. The first-order valence-corrected chi connectivity index (χ1v) is 7.14. The third-order valence-electron chi connectivity index (χ3n) is 3.64. The van der Waals surface area contributed by atoms with Gasteiger partial charge in [0, 0.05) is 6.42 Å². The van der Waals surface area contributed by atoms with Gasteiger partial charge in [0.1, 0.15) is 11.6 Å². The quantitative estimate of drug-likeness (QED) is 0.932. The van der Waals surface area contributed by atoms with E-state index in [9.17, 15) is 4.79 Å². The van der Waals surface area contributed by atoms with Gasteiger partial charge in [0.25, 0.3) is 5.56 Å². The minimum Gasteiger partial charge on any atom is -0.439 e. The molecular formula is C16H18N2O2. The van der Waals surface area contributed by atoms with Crippen LogP contribution in [-0.2, 0) is 19.3 Å². The Morgan fingerprint density at radius 3 is 2.80 bits per heavy atom. The maximum atomic E-state index is 11.5. The first kappa shape index (κ1) is 12.9. The number of aromatic nitrogens is 2. The molecule has 0 fully saturated rings. The summed E-state index contributed by atoms with van der Waals surface area (Å²) in [6, 6.07) is 7.54. The van der Waals surface area contributed by atoms with Gasteiger partial charge in [0.2, 0.25) is 5.88 Å². The first-order valence-electron chi connectivity index (χ1n) is 7.14. The molecule has 4 heteroatoms. The number of fused-ring (bicyclic) bond motifs is 1. The van der Waals surface area contributed by atoms with Gasteiger partial charge >= 0.3 is 0 Å². The van der Waals surface area contributed by atoms with Crippen molar-refractivity contribution >= 4 is 0 Å². The van der Waals surface area contributed by atoms with Crippen LogP contribution in [0.1, 0.15) is 36.7 Å². The molecule has 3 rings (SSSR count). The molecular weight excluding hydrogens is 252 g/mol. The zero-order valence-electron chi connectivity index (χ0n) is 11.6. The van der Waals surface area contributed by atoms with Crippen molar-refractivity contribution in [1.29, 1.82) is 0 Å². The van der Waals surface area contributed by atoms with E-state index in [4.69, 9.17) is 4.74 Å². The maximum absolute atomic E-state index is 11.5. The summed E-state index contributed by atoms with van der Waals surface area (Å²) < 4.78 is 5.74. The lowest BCUT2D eigenvalue weighted by Crippen LogP contribution is -2.10. The van der Waals surface area contributed by atoms with Crippen LogP contribution in [0.15, 0.2) is 29.1 Å². The van der Waals surface area contributed by atoms with Gasteiger partial charge in [-0.3, -0.25) is 4.79 Å². The van der Waals surface area contributed by atoms with E-state index < -0.39 is 0 Å². The Hall–Kier alpha value is -2.10. The van der Waals surface area contributed by atoms with E-state index in [2.05, 4.69) is 22.1 Å². The van der Waals surface area contributed by atoms with E-state index in [0.29, 0.717) is 18.1 Å². The second-order valence-corrected chi connectivity index (χ2v) is 5.12. The van der Waals surface area contributed by atoms with Crippen LogP contribution in [-0.4, -0.2) is 9.97 Å². The second kappa shape index (κ2) is 5.49. The topological polar surface area (TPSA) is 55.0 Å². The first-order chi connectivity index (χ1) is 9.74. The predicted octanol–water partition coefficient (Wildman–Crippen LogP) is 3.00. The number of nitrogens with zero attached hydrogens (tertiary/aromatic N) is 1. The molecule has 1 aliphatic carbocycles. The monoisotopic (exact) mass is 270 g/mol. The summed E-state index contributed by atoms with van der Waals surface area (Å²) in [7, 11) is 0. The molecule has 1 N–H and O–H groups in total. The molecule has 0 unspecified atom stereocenters. The van der Waals surface area contributed by atoms with Crippen LogP contribution in [0, 0.1) is 0 Å². The van der Waals surface area contributed by atoms with Crippen molar-refractivity contribution in [3.8, 4) is 11.6 Å². The molecule has 0 spiro atoms. The highest BCUT2D eigenvalue weighted by atomic mass is 16.5. The van der Waals surface area contributed by atoms with Crippen LogP contribution in [0.2, 0.25) is 0 Å². The molecule has 1 aliphatic rings. The summed E-state index contributed by atoms with van der Waals surface area (Å²) in [5, 5.41) is 0. The van der Waals surface area contributed by atoms with Gasteiger partial charge in [-0.05, 0) is 48.9 Å². The smallest absolute Gasteiger partial charge is 0.254 e.